The van der Waals surface area contributed by atoms with E-state index < -0.39 is 11.7 Å². The zero-order valence-electron chi connectivity index (χ0n) is 11.6. The third kappa shape index (κ3) is 2.75. The molecule has 0 saturated heterocycles. The standard InChI is InChI=1S/C17H16F3N/c1-11-15(14-4-2-3-5-16(14)21-11)10-12-6-8-13(9-7-12)17(18,19)20/h2-9,11,15,21H,10H2,1H3/t11-,15+/m1/s1. The van der Waals surface area contributed by atoms with Crippen molar-refractivity contribution in [2.45, 2.75) is 31.5 Å². The maximum atomic E-state index is 12.6. The first-order chi connectivity index (χ1) is 9.95. The molecule has 0 unspecified atom stereocenters. The lowest BCUT2D eigenvalue weighted by molar-refractivity contribution is -0.137. The summed E-state index contributed by atoms with van der Waals surface area (Å²) < 4.78 is 37.7. The zero-order valence-corrected chi connectivity index (χ0v) is 11.6. The number of rotatable bonds is 2. The average molecular weight is 291 g/mol. The second-order valence-corrected chi connectivity index (χ2v) is 5.53. The molecule has 1 nitrogen and oxygen atoms in total. The van der Waals surface area contributed by atoms with Gasteiger partial charge in [-0.3, -0.25) is 0 Å². The second-order valence-electron chi connectivity index (χ2n) is 5.53. The van der Waals surface area contributed by atoms with Gasteiger partial charge in [-0.2, -0.15) is 13.2 Å². The average Bonchev–Trinajstić information content (AvgIpc) is 2.75. The van der Waals surface area contributed by atoms with Crippen LogP contribution in [0.15, 0.2) is 48.5 Å². The van der Waals surface area contributed by atoms with Crippen LogP contribution in [-0.2, 0) is 12.6 Å². The third-order valence-electron chi connectivity index (χ3n) is 4.08. The van der Waals surface area contributed by atoms with E-state index in [4.69, 9.17) is 0 Å². The topological polar surface area (TPSA) is 12.0 Å². The number of fused-ring (bicyclic) bond motifs is 1. The molecule has 0 fully saturated rings. The lowest BCUT2D eigenvalue weighted by Gasteiger charge is -2.17. The van der Waals surface area contributed by atoms with Gasteiger partial charge in [-0.15, -0.1) is 0 Å². The Balaban J connectivity index is 1.81. The Bertz CT molecular complexity index is 631. The molecule has 0 radical (unpaired) electrons. The monoisotopic (exact) mass is 291 g/mol. The van der Waals surface area contributed by atoms with Crippen LogP contribution in [0.2, 0.25) is 0 Å². The van der Waals surface area contributed by atoms with Crippen molar-refractivity contribution in [1.29, 1.82) is 0 Å². The molecule has 2 aromatic rings. The summed E-state index contributed by atoms with van der Waals surface area (Å²) in [6.45, 7) is 2.11. The van der Waals surface area contributed by atoms with Crippen molar-refractivity contribution in [1.82, 2.24) is 0 Å². The van der Waals surface area contributed by atoms with E-state index in [1.165, 1.54) is 5.56 Å². The number of para-hydroxylation sites is 1. The highest BCUT2D eigenvalue weighted by Crippen LogP contribution is 2.38. The minimum Gasteiger partial charge on any atom is -0.382 e. The van der Waals surface area contributed by atoms with Gasteiger partial charge in [0, 0.05) is 17.6 Å². The predicted molar refractivity (Wildman–Crippen MR) is 77.4 cm³/mol. The number of hydrogen-bond acceptors (Lipinski definition) is 1. The number of halogens is 3. The van der Waals surface area contributed by atoms with Crippen LogP contribution in [-0.4, -0.2) is 6.04 Å². The van der Waals surface area contributed by atoms with Gasteiger partial charge in [-0.05, 0) is 42.7 Å². The Morgan fingerprint density at radius 1 is 1.00 bits per heavy atom. The third-order valence-corrected chi connectivity index (χ3v) is 4.08. The first kappa shape index (κ1) is 14.0. The highest BCUT2D eigenvalue weighted by Gasteiger charge is 2.31. The van der Waals surface area contributed by atoms with Crippen LogP contribution in [0.25, 0.3) is 0 Å². The molecular weight excluding hydrogens is 275 g/mol. The Morgan fingerprint density at radius 2 is 1.67 bits per heavy atom. The molecule has 1 aliphatic rings. The lowest BCUT2D eigenvalue weighted by atomic mass is 9.89. The van der Waals surface area contributed by atoms with Crippen LogP contribution in [0.5, 0.6) is 0 Å². The van der Waals surface area contributed by atoms with Crippen LogP contribution >= 0.6 is 0 Å². The van der Waals surface area contributed by atoms with Crippen molar-refractivity contribution < 1.29 is 13.2 Å². The number of hydrogen-bond donors (Lipinski definition) is 1. The number of alkyl halides is 3. The Labute approximate surface area is 121 Å². The summed E-state index contributed by atoms with van der Waals surface area (Å²) in [5, 5.41) is 3.42. The summed E-state index contributed by atoms with van der Waals surface area (Å²) in [6.07, 6.45) is -3.53. The van der Waals surface area contributed by atoms with Crippen molar-refractivity contribution in [3.8, 4) is 0 Å². The van der Waals surface area contributed by atoms with Gasteiger partial charge in [-0.25, -0.2) is 0 Å². The second kappa shape index (κ2) is 5.10. The first-order valence-electron chi connectivity index (χ1n) is 6.97. The van der Waals surface area contributed by atoms with Gasteiger partial charge in [-0.1, -0.05) is 30.3 Å². The van der Waals surface area contributed by atoms with E-state index in [9.17, 15) is 13.2 Å². The minimum atomic E-state index is -4.27. The Hall–Kier alpha value is -1.97. The molecule has 0 bridgehead atoms. The summed E-state index contributed by atoms with van der Waals surface area (Å²) in [4.78, 5) is 0. The van der Waals surface area contributed by atoms with Gasteiger partial charge in [0.15, 0.2) is 0 Å². The molecular formula is C17H16F3N. The smallest absolute Gasteiger partial charge is 0.382 e. The molecule has 2 aromatic carbocycles. The minimum absolute atomic E-state index is 0.282. The van der Waals surface area contributed by atoms with Crippen LogP contribution in [0.1, 0.15) is 29.5 Å². The molecule has 1 aliphatic heterocycles. The molecule has 0 aliphatic carbocycles. The lowest BCUT2D eigenvalue weighted by Crippen LogP contribution is -2.18. The predicted octanol–water partition coefficient (Wildman–Crippen LogP) is 4.85. The molecule has 3 rings (SSSR count). The van der Waals surface area contributed by atoms with E-state index in [0.29, 0.717) is 0 Å². The Morgan fingerprint density at radius 3 is 2.33 bits per heavy atom. The molecule has 0 saturated carbocycles. The summed E-state index contributed by atoms with van der Waals surface area (Å²) >= 11 is 0. The van der Waals surface area contributed by atoms with E-state index in [-0.39, 0.29) is 12.0 Å². The van der Waals surface area contributed by atoms with E-state index in [1.807, 2.05) is 18.2 Å². The van der Waals surface area contributed by atoms with E-state index in [1.54, 1.807) is 12.1 Å². The first-order valence-corrected chi connectivity index (χ1v) is 6.97. The summed E-state index contributed by atoms with van der Waals surface area (Å²) in [7, 11) is 0. The quantitative estimate of drug-likeness (QED) is 0.834. The molecule has 0 amide bonds. The van der Waals surface area contributed by atoms with Gasteiger partial charge in [0.1, 0.15) is 0 Å². The molecule has 0 aromatic heterocycles. The largest absolute Gasteiger partial charge is 0.416 e. The van der Waals surface area contributed by atoms with Crippen LogP contribution in [0, 0.1) is 0 Å². The fraction of sp³-hybridized carbons (Fsp3) is 0.294. The van der Waals surface area contributed by atoms with Gasteiger partial charge in [0.2, 0.25) is 0 Å². The number of benzene rings is 2. The van der Waals surface area contributed by atoms with E-state index >= 15 is 0 Å². The maximum absolute atomic E-state index is 12.6. The molecule has 1 heterocycles. The van der Waals surface area contributed by atoms with Gasteiger partial charge < -0.3 is 5.32 Å². The van der Waals surface area contributed by atoms with Gasteiger partial charge >= 0.3 is 6.18 Å². The van der Waals surface area contributed by atoms with Crippen LogP contribution in [0.4, 0.5) is 18.9 Å². The summed E-state index contributed by atoms with van der Waals surface area (Å²) in [5.74, 6) is 0.290. The van der Waals surface area contributed by atoms with E-state index in [0.717, 1.165) is 29.8 Å². The SMILES string of the molecule is C[C@H]1Nc2ccccc2[C@H]1Cc1ccc(C(F)(F)F)cc1. The normalized spacial score (nSPS) is 21.0. The van der Waals surface area contributed by atoms with Crippen LogP contribution < -0.4 is 5.32 Å². The fourth-order valence-electron chi connectivity index (χ4n) is 2.94. The molecule has 2 atom stereocenters. The Kier molecular flexibility index (Phi) is 3.40. The van der Waals surface area contributed by atoms with Crippen molar-refractivity contribution in [2.75, 3.05) is 5.32 Å². The maximum Gasteiger partial charge on any atom is 0.416 e. The highest BCUT2D eigenvalue weighted by atomic mass is 19.4. The van der Waals surface area contributed by atoms with Crippen molar-refractivity contribution in [3.05, 3.63) is 65.2 Å². The molecule has 21 heavy (non-hydrogen) atoms. The fourth-order valence-corrected chi connectivity index (χ4v) is 2.94. The van der Waals surface area contributed by atoms with Gasteiger partial charge in [0.05, 0.1) is 5.56 Å². The molecule has 0 spiro atoms. The molecule has 4 heteroatoms. The zero-order chi connectivity index (χ0) is 15.0. The highest BCUT2D eigenvalue weighted by molar-refractivity contribution is 5.59. The van der Waals surface area contributed by atoms with Crippen molar-refractivity contribution in [2.24, 2.45) is 0 Å². The van der Waals surface area contributed by atoms with Gasteiger partial charge in [0.25, 0.3) is 0 Å². The molecule has 110 valence electrons. The van der Waals surface area contributed by atoms with Crippen molar-refractivity contribution >= 4 is 5.69 Å². The number of nitrogens with one attached hydrogen (secondary N) is 1. The summed E-state index contributed by atoms with van der Waals surface area (Å²) in [5.41, 5.74) is 2.70. The number of anilines is 1. The molecule has 1 N–H and O–H groups in total. The van der Waals surface area contributed by atoms with E-state index in [2.05, 4.69) is 18.3 Å². The van der Waals surface area contributed by atoms with Crippen molar-refractivity contribution in [3.63, 3.8) is 0 Å². The summed E-state index contributed by atoms with van der Waals surface area (Å²) in [6, 6.07) is 13.9. The van der Waals surface area contributed by atoms with Crippen LogP contribution in [0.3, 0.4) is 0 Å².